The van der Waals surface area contributed by atoms with Gasteiger partial charge in [0.1, 0.15) is 0 Å². The smallest absolute Gasteiger partial charge is 0.298 e. The lowest BCUT2D eigenvalue weighted by molar-refractivity contribution is -0.137. The molecule has 122 valence electrons. The molecule has 0 aliphatic carbocycles. The van der Waals surface area contributed by atoms with Crippen LogP contribution in [0.4, 0.5) is 18.9 Å². The van der Waals surface area contributed by atoms with Crippen LogP contribution in [0.25, 0.3) is 0 Å². The van der Waals surface area contributed by atoms with E-state index in [1.807, 2.05) is 31.2 Å². The van der Waals surface area contributed by atoms with Crippen LogP contribution in [0.3, 0.4) is 0 Å². The highest BCUT2D eigenvalue weighted by atomic mass is 19.4. The zero-order chi connectivity index (χ0) is 17.3. The normalized spacial score (nSPS) is 16.3. The number of hydrogen-bond donors (Lipinski definition) is 0. The molecule has 1 atom stereocenters. The second-order valence-corrected chi connectivity index (χ2v) is 5.65. The van der Waals surface area contributed by atoms with Crippen molar-refractivity contribution in [1.82, 2.24) is 0 Å². The van der Waals surface area contributed by atoms with E-state index in [9.17, 15) is 18.0 Å². The van der Waals surface area contributed by atoms with Crippen molar-refractivity contribution in [2.75, 3.05) is 4.90 Å². The highest BCUT2D eigenvalue weighted by Crippen LogP contribution is 2.32. The van der Waals surface area contributed by atoms with E-state index in [0.717, 1.165) is 17.3 Å². The Balaban J connectivity index is 1.92. The Morgan fingerprint density at radius 1 is 1.12 bits per heavy atom. The fourth-order valence-corrected chi connectivity index (χ4v) is 2.90. The molecule has 0 spiro atoms. The summed E-state index contributed by atoms with van der Waals surface area (Å²) in [4.78, 5) is 14.0. The number of carbonyl (C=O) groups excluding carboxylic acids is 1. The third kappa shape index (κ3) is 3.00. The average molecular weight is 329 g/mol. The van der Waals surface area contributed by atoms with Crippen LogP contribution in [0.15, 0.2) is 48.5 Å². The number of amides is 1. The first kappa shape index (κ1) is 16.1. The fourth-order valence-electron chi connectivity index (χ4n) is 2.90. The minimum Gasteiger partial charge on any atom is -0.298 e. The number of carbonyl (C=O) groups is 1. The molecule has 1 amide bonds. The van der Waals surface area contributed by atoms with Gasteiger partial charge < -0.3 is 0 Å². The molecule has 1 heterocycles. The van der Waals surface area contributed by atoms with Gasteiger partial charge in [-0.15, -0.1) is 0 Å². The second-order valence-electron chi connectivity index (χ2n) is 5.65. The van der Waals surface area contributed by atoms with Crippen molar-refractivity contribution >= 4 is 11.6 Å². The lowest BCUT2D eigenvalue weighted by Gasteiger charge is -2.19. The summed E-state index contributed by atoms with van der Waals surface area (Å²) in [5, 5.41) is 0. The van der Waals surface area contributed by atoms with Crippen LogP contribution in [0, 0.1) is 11.8 Å². The first-order valence-electron chi connectivity index (χ1n) is 7.47. The number of nitrogens with zero attached hydrogens (tertiary/aromatic N) is 1. The molecule has 0 saturated carbocycles. The SMILES string of the molecule is CC1Cc2ccccc2N1C(=O)C#Cc1ccccc1C(F)(F)F. The van der Waals surface area contributed by atoms with Gasteiger partial charge in [0.2, 0.25) is 0 Å². The molecule has 2 aromatic carbocycles. The van der Waals surface area contributed by atoms with Gasteiger partial charge in [-0.1, -0.05) is 36.3 Å². The molecule has 0 aromatic heterocycles. The van der Waals surface area contributed by atoms with Gasteiger partial charge in [-0.25, -0.2) is 0 Å². The highest BCUT2D eigenvalue weighted by molar-refractivity contribution is 6.07. The Hall–Kier alpha value is -2.74. The maximum absolute atomic E-state index is 13.0. The number of para-hydroxylation sites is 1. The molecule has 5 heteroatoms. The van der Waals surface area contributed by atoms with Gasteiger partial charge in [-0.05, 0) is 37.1 Å². The molecule has 1 aliphatic heterocycles. The minimum absolute atomic E-state index is 0.0675. The number of halogens is 3. The van der Waals surface area contributed by atoms with E-state index in [1.54, 1.807) is 4.90 Å². The van der Waals surface area contributed by atoms with Gasteiger partial charge in [-0.3, -0.25) is 9.69 Å². The Bertz CT molecular complexity index is 845. The van der Waals surface area contributed by atoms with Gasteiger partial charge in [-0.2, -0.15) is 13.2 Å². The van der Waals surface area contributed by atoms with Crippen molar-refractivity contribution in [1.29, 1.82) is 0 Å². The van der Waals surface area contributed by atoms with Crippen molar-refractivity contribution in [2.45, 2.75) is 25.6 Å². The highest BCUT2D eigenvalue weighted by Gasteiger charge is 2.33. The Kier molecular flexibility index (Phi) is 4.06. The van der Waals surface area contributed by atoms with Gasteiger partial charge in [0.05, 0.1) is 5.56 Å². The van der Waals surface area contributed by atoms with Crippen LogP contribution in [0.1, 0.15) is 23.6 Å². The van der Waals surface area contributed by atoms with Crippen molar-refractivity contribution < 1.29 is 18.0 Å². The van der Waals surface area contributed by atoms with E-state index in [4.69, 9.17) is 0 Å². The summed E-state index contributed by atoms with van der Waals surface area (Å²) in [7, 11) is 0. The molecule has 0 fully saturated rings. The third-order valence-electron chi connectivity index (χ3n) is 3.96. The van der Waals surface area contributed by atoms with Crippen LogP contribution >= 0.6 is 0 Å². The number of hydrogen-bond acceptors (Lipinski definition) is 1. The summed E-state index contributed by atoms with van der Waals surface area (Å²) >= 11 is 0. The predicted octanol–water partition coefficient (Wildman–Crippen LogP) is 4.03. The van der Waals surface area contributed by atoms with Crippen LogP contribution in [-0.4, -0.2) is 11.9 Å². The van der Waals surface area contributed by atoms with E-state index in [1.165, 1.54) is 18.2 Å². The largest absolute Gasteiger partial charge is 0.417 e. The Morgan fingerprint density at radius 2 is 1.79 bits per heavy atom. The molecule has 1 aliphatic rings. The molecule has 24 heavy (non-hydrogen) atoms. The van der Waals surface area contributed by atoms with Crippen LogP contribution in [0.2, 0.25) is 0 Å². The molecule has 0 saturated heterocycles. The Labute approximate surface area is 137 Å². The maximum Gasteiger partial charge on any atom is 0.417 e. The summed E-state index contributed by atoms with van der Waals surface area (Å²) in [6.45, 7) is 1.89. The van der Waals surface area contributed by atoms with Crippen LogP contribution < -0.4 is 4.90 Å². The summed E-state index contributed by atoms with van der Waals surface area (Å²) in [5.74, 6) is 4.25. The number of benzene rings is 2. The van der Waals surface area contributed by atoms with E-state index in [2.05, 4.69) is 11.8 Å². The zero-order valence-electron chi connectivity index (χ0n) is 12.9. The molecule has 1 unspecified atom stereocenters. The third-order valence-corrected chi connectivity index (χ3v) is 3.96. The molecule has 3 rings (SSSR count). The molecular formula is C19H14F3NO. The van der Waals surface area contributed by atoms with Gasteiger partial charge >= 0.3 is 12.1 Å². The molecule has 0 bridgehead atoms. The standard InChI is InChI=1S/C19H14F3NO/c1-13-12-15-7-3-5-9-17(15)23(13)18(24)11-10-14-6-2-4-8-16(14)19(20,21)22/h2-9,13H,12H2,1H3. The monoisotopic (exact) mass is 329 g/mol. The topological polar surface area (TPSA) is 20.3 Å². The van der Waals surface area contributed by atoms with E-state index in [-0.39, 0.29) is 11.6 Å². The van der Waals surface area contributed by atoms with Gasteiger partial charge in [0.25, 0.3) is 0 Å². The predicted molar refractivity (Wildman–Crippen MR) is 85.4 cm³/mol. The first-order valence-corrected chi connectivity index (χ1v) is 7.47. The number of anilines is 1. The number of fused-ring (bicyclic) bond motifs is 1. The van der Waals surface area contributed by atoms with Crippen molar-refractivity contribution in [3.05, 3.63) is 65.2 Å². The van der Waals surface area contributed by atoms with Crippen LogP contribution in [0.5, 0.6) is 0 Å². The van der Waals surface area contributed by atoms with E-state index in [0.29, 0.717) is 6.42 Å². The van der Waals surface area contributed by atoms with Crippen molar-refractivity contribution in [3.63, 3.8) is 0 Å². The lowest BCUT2D eigenvalue weighted by atomic mass is 10.1. The van der Waals surface area contributed by atoms with E-state index < -0.39 is 17.6 Å². The molecule has 0 N–H and O–H groups in total. The van der Waals surface area contributed by atoms with Crippen LogP contribution in [-0.2, 0) is 17.4 Å². The summed E-state index contributed by atoms with van der Waals surface area (Å²) in [6, 6.07) is 12.4. The maximum atomic E-state index is 13.0. The average Bonchev–Trinajstić information content (AvgIpc) is 2.88. The summed E-state index contributed by atoms with van der Waals surface area (Å²) < 4.78 is 38.9. The van der Waals surface area contributed by atoms with Gasteiger partial charge in [0.15, 0.2) is 0 Å². The molecule has 2 aromatic rings. The lowest BCUT2D eigenvalue weighted by Crippen LogP contribution is -2.34. The minimum atomic E-state index is -4.50. The van der Waals surface area contributed by atoms with Crippen molar-refractivity contribution in [2.24, 2.45) is 0 Å². The number of rotatable bonds is 0. The summed E-state index contributed by atoms with van der Waals surface area (Å²) in [5.41, 5.74) is 0.780. The van der Waals surface area contributed by atoms with E-state index >= 15 is 0 Å². The Morgan fingerprint density at radius 3 is 2.54 bits per heavy atom. The second kappa shape index (κ2) is 6.04. The van der Waals surface area contributed by atoms with Crippen molar-refractivity contribution in [3.8, 4) is 11.8 Å². The molecule has 2 nitrogen and oxygen atoms in total. The quantitative estimate of drug-likeness (QED) is 0.668. The molecule has 0 radical (unpaired) electrons. The first-order chi connectivity index (χ1) is 11.4. The zero-order valence-corrected chi connectivity index (χ0v) is 12.9. The fraction of sp³-hybridized carbons (Fsp3) is 0.211. The molecular weight excluding hydrogens is 315 g/mol. The number of alkyl halides is 3. The summed E-state index contributed by atoms with van der Waals surface area (Å²) in [6.07, 6.45) is -3.79. The van der Waals surface area contributed by atoms with Gasteiger partial charge in [0, 0.05) is 23.2 Å².